The molecule has 0 unspecified atom stereocenters. The van der Waals surface area contributed by atoms with E-state index in [1.807, 2.05) is 0 Å². The van der Waals surface area contributed by atoms with Crippen molar-refractivity contribution in [2.75, 3.05) is 19.8 Å². The fraction of sp³-hybridized carbons (Fsp3) is 0.500. The van der Waals surface area contributed by atoms with Gasteiger partial charge in [0.05, 0.1) is 17.0 Å². The van der Waals surface area contributed by atoms with Crippen molar-refractivity contribution in [3.05, 3.63) is 35.4 Å². The van der Waals surface area contributed by atoms with Crippen LogP contribution in [-0.4, -0.2) is 59.1 Å². The first-order valence-corrected chi connectivity index (χ1v) is 9.27. The number of fused-ring (bicyclic) bond motifs is 1. The molecular weight excluding hydrogens is 364 g/mol. The quantitative estimate of drug-likeness (QED) is 0.583. The van der Waals surface area contributed by atoms with E-state index in [2.05, 4.69) is 0 Å². The van der Waals surface area contributed by atoms with Crippen LogP contribution in [0.25, 0.3) is 0 Å². The summed E-state index contributed by atoms with van der Waals surface area (Å²) in [4.78, 5) is 51.5. The molecule has 2 aliphatic heterocycles. The number of esters is 1. The third-order valence-corrected chi connectivity index (χ3v) is 4.69. The minimum absolute atomic E-state index is 0.314. The topological polar surface area (TPSA) is 93.2 Å². The Labute approximate surface area is 163 Å². The Morgan fingerprint density at radius 1 is 1.04 bits per heavy atom. The van der Waals surface area contributed by atoms with Crippen LogP contribution in [0.1, 0.15) is 54.3 Å². The minimum atomic E-state index is -0.570. The SMILES string of the molecule is CC(C)(C)OC(=O)N1CCC(C(=O)OCN2C(=O)c3ccccc3C2=O)CC1. The highest BCUT2D eigenvalue weighted by atomic mass is 16.6. The maximum Gasteiger partial charge on any atom is 0.410 e. The van der Waals surface area contributed by atoms with Crippen LogP contribution >= 0.6 is 0 Å². The average molecular weight is 388 g/mol. The highest BCUT2D eigenvalue weighted by Gasteiger charge is 2.37. The van der Waals surface area contributed by atoms with Gasteiger partial charge in [-0.2, -0.15) is 0 Å². The van der Waals surface area contributed by atoms with E-state index in [4.69, 9.17) is 9.47 Å². The molecule has 8 nitrogen and oxygen atoms in total. The number of likely N-dealkylation sites (tertiary alicyclic amines) is 1. The minimum Gasteiger partial charge on any atom is -0.444 e. The molecule has 0 N–H and O–H groups in total. The van der Waals surface area contributed by atoms with Crippen molar-refractivity contribution in [2.24, 2.45) is 5.92 Å². The normalized spacial score (nSPS) is 17.5. The van der Waals surface area contributed by atoms with Gasteiger partial charge >= 0.3 is 12.1 Å². The summed E-state index contributed by atoms with van der Waals surface area (Å²) < 4.78 is 10.6. The summed E-state index contributed by atoms with van der Waals surface area (Å²) in [5.74, 6) is -1.78. The summed E-state index contributed by atoms with van der Waals surface area (Å²) in [6.45, 7) is 5.78. The van der Waals surface area contributed by atoms with Crippen molar-refractivity contribution in [2.45, 2.75) is 39.2 Å². The molecule has 3 amide bonds. The molecule has 3 rings (SSSR count). The van der Waals surface area contributed by atoms with Crippen molar-refractivity contribution < 1.29 is 28.7 Å². The summed E-state index contributed by atoms with van der Waals surface area (Å²) in [6.07, 6.45) is 0.491. The van der Waals surface area contributed by atoms with Crippen LogP contribution in [0, 0.1) is 5.92 Å². The van der Waals surface area contributed by atoms with Crippen molar-refractivity contribution in [1.82, 2.24) is 9.80 Å². The van der Waals surface area contributed by atoms with Crippen molar-refractivity contribution >= 4 is 23.9 Å². The van der Waals surface area contributed by atoms with Gasteiger partial charge in [0.15, 0.2) is 6.73 Å². The highest BCUT2D eigenvalue weighted by Crippen LogP contribution is 2.24. The lowest BCUT2D eigenvalue weighted by molar-refractivity contribution is -0.152. The standard InChI is InChI=1S/C20H24N2O6/c1-20(2,3)28-19(26)21-10-8-13(9-11-21)18(25)27-12-22-16(23)14-6-4-5-7-15(14)17(22)24/h4-7,13H,8-12H2,1-3H3. The molecule has 0 aliphatic carbocycles. The average Bonchev–Trinajstić information content (AvgIpc) is 2.89. The maximum atomic E-state index is 12.3. The third kappa shape index (κ3) is 4.16. The molecule has 8 heteroatoms. The zero-order valence-electron chi connectivity index (χ0n) is 16.3. The van der Waals surface area contributed by atoms with E-state index in [1.165, 1.54) is 0 Å². The van der Waals surface area contributed by atoms with Gasteiger partial charge in [0.2, 0.25) is 0 Å². The van der Waals surface area contributed by atoms with Gasteiger partial charge in [0.1, 0.15) is 5.60 Å². The van der Waals surface area contributed by atoms with Crippen LogP contribution in [0.15, 0.2) is 24.3 Å². The highest BCUT2D eigenvalue weighted by molar-refractivity contribution is 6.21. The predicted molar refractivity (Wildman–Crippen MR) is 98.4 cm³/mol. The number of ether oxygens (including phenoxy) is 2. The molecule has 1 fully saturated rings. The number of rotatable bonds is 3. The molecule has 150 valence electrons. The number of imide groups is 1. The molecule has 0 saturated carbocycles. The van der Waals surface area contributed by atoms with Gasteiger partial charge in [-0.15, -0.1) is 0 Å². The summed E-state index contributed by atoms with van der Waals surface area (Å²) in [6, 6.07) is 6.50. The second kappa shape index (κ2) is 7.61. The molecule has 2 heterocycles. The lowest BCUT2D eigenvalue weighted by Gasteiger charge is -2.32. The van der Waals surface area contributed by atoms with E-state index < -0.39 is 36.2 Å². The van der Waals surface area contributed by atoms with Crippen LogP contribution in [0.3, 0.4) is 0 Å². The lowest BCUT2D eigenvalue weighted by atomic mass is 9.97. The second-order valence-corrected chi connectivity index (χ2v) is 7.92. The van der Waals surface area contributed by atoms with E-state index in [9.17, 15) is 19.2 Å². The molecule has 0 aromatic heterocycles. The van der Waals surface area contributed by atoms with Crippen LogP contribution < -0.4 is 0 Å². The molecule has 1 aromatic rings. The second-order valence-electron chi connectivity index (χ2n) is 7.92. The molecule has 28 heavy (non-hydrogen) atoms. The zero-order chi connectivity index (χ0) is 20.5. The van der Waals surface area contributed by atoms with Crippen LogP contribution in [0.4, 0.5) is 4.79 Å². The molecular formula is C20H24N2O6. The Hall–Kier alpha value is -2.90. The Bertz CT molecular complexity index is 770. The van der Waals surface area contributed by atoms with Crippen molar-refractivity contribution in [3.63, 3.8) is 0 Å². The van der Waals surface area contributed by atoms with Crippen LogP contribution in [-0.2, 0) is 14.3 Å². The monoisotopic (exact) mass is 388 g/mol. The smallest absolute Gasteiger partial charge is 0.410 e. The Morgan fingerprint density at radius 2 is 1.57 bits per heavy atom. The van der Waals surface area contributed by atoms with Gasteiger partial charge in [-0.3, -0.25) is 14.4 Å². The Balaban J connectivity index is 1.49. The number of amides is 3. The van der Waals surface area contributed by atoms with Crippen LogP contribution in [0.5, 0.6) is 0 Å². The molecule has 0 atom stereocenters. The van der Waals surface area contributed by atoms with E-state index >= 15 is 0 Å². The molecule has 1 aromatic carbocycles. The molecule has 1 saturated heterocycles. The fourth-order valence-corrected chi connectivity index (χ4v) is 3.23. The van der Waals surface area contributed by atoms with Gasteiger partial charge in [0.25, 0.3) is 11.8 Å². The summed E-state index contributed by atoms with van der Waals surface area (Å²) in [5, 5.41) is 0. The van der Waals surface area contributed by atoms with E-state index in [0.29, 0.717) is 37.1 Å². The van der Waals surface area contributed by atoms with Crippen molar-refractivity contribution in [3.8, 4) is 0 Å². The maximum absolute atomic E-state index is 12.3. The largest absolute Gasteiger partial charge is 0.444 e. The number of hydrogen-bond donors (Lipinski definition) is 0. The fourth-order valence-electron chi connectivity index (χ4n) is 3.23. The number of nitrogens with zero attached hydrogens (tertiary/aromatic N) is 2. The zero-order valence-corrected chi connectivity index (χ0v) is 16.3. The Kier molecular flexibility index (Phi) is 5.40. The molecule has 0 radical (unpaired) electrons. The Morgan fingerprint density at radius 3 is 2.07 bits per heavy atom. The van der Waals surface area contributed by atoms with E-state index in [0.717, 1.165) is 4.90 Å². The number of piperidine rings is 1. The number of carbonyl (C=O) groups excluding carboxylic acids is 4. The predicted octanol–water partition coefficient (Wildman–Crippen LogP) is 2.43. The number of carbonyl (C=O) groups is 4. The summed E-state index contributed by atoms with van der Waals surface area (Å²) in [5.41, 5.74) is 0.0580. The molecule has 0 bridgehead atoms. The lowest BCUT2D eigenvalue weighted by Crippen LogP contribution is -2.43. The molecule has 0 spiro atoms. The number of hydrogen-bond acceptors (Lipinski definition) is 6. The van der Waals surface area contributed by atoms with Gasteiger partial charge in [-0.1, -0.05) is 12.1 Å². The van der Waals surface area contributed by atoms with Gasteiger partial charge in [0, 0.05) is 13.1 Å². The molecule has 2 aliphatic rings. The number of benzene rings is 1. The van der Waals surface area contributed by atoms with Gasteiger partial charge in [-0.05, 0) is 45.7 Å². The first-order valence-electron chi connectivity index (χ1n) is 9.27. The van der Waals surface area contributed by atoms with Gasteiger partial charge < -0.3 is 14.4 Å². The first-order chi connectivity index (χ1) is 13.2. The van der Waals surface area contributed by atoms with Gasteiger partial charge in [-0.25, -0.2) is 9.69 Å². The summed E-state index contributed by atoms with van der Waals surface area (Å²) in [7, 11) is 0. The van der Waals surface area contributed by atoms with Crippen molar-refractivity contribution in [1.29, 1.82) is 0 Å². The van der Waals surface area contributed by atoms with E-state index in [-0.39, 0.29) is 5.92 Å². The van der Waals surface area contributed by atoms with E-state index in [1.54, 1.807) is 49.9 Å². The third-order valence-electron chi connectivity index (χ3n) is 4.69. The summed E-state index contributed by atoms with van der Waals surface area (Å²) >= 11 is 0. The van der Waals surface area contributed by atoms with Crippen LogP contribution in [0.2, 0.25) is 0 Å². The first kappa shape index (κ1) is 19.9.